The molecule has 2 aliphatic rings. The van der Waals surface area contributed by atoms with Crippen molar-refractivity contribution >= 4 is 11.3 Å². The summed E-state index contributed by atoms with van der Waals surface area (Å²) >= 11 is 1.64. The third-order valence-corrected chi connectivity index (χ3v) is 7.38. The number of hydrogen-bond donors (Lipinski definition) is 0. The van der Waals surface area contributed by atoms with Crippen molar-refractivity contribution in [1.29, 1.82) is 0 Å². The van der Waals surface area contributed by atoms with Crippen LogP contribution in [0.2, 0.25) is 0 Å². The molecular weight excluding hydrogens is 350 g/mol. The number of thiazole rings is 1. The fourth-order valence-corrected chi connectivity index (χ4v) is 5.90. The molecule has 0 radical (unpaired) electrons. The topological polar surface area (TPSA) is 22.1 Å². The van der Waals surface area contributed by atoms with Gasteiger partial charge < -0.3 is 4.74 Å². The van der Waals surface area contributed by atoms with E-state index in [2.05, 4.69) is 60.4 Å². The van der Waals surface area contributed by atoms with Crippen LogP contribution >= 0.6 is 11.3 Å². The molecule has 2 nitrogen and oxygen atoms in total. The summed E-state index contributed by atoms with van der Waals surface area (Å²) in [5, 5.41) is 3.01. The molecule has 0 N–H and O–H groups in total. The highest BCUT2D eigenvalue weighted by Crippen LogP contribution is 2.60. The molecule has 0 saturated heterocycles. The average Bonchev–Trinajstić information content (AvgIpc) is 3.45. The Morgan fingerprint density at radius 3 is 2.37 bits per heavy atom. The van der Waals surface area contributed by atoms with Crippen molar-refractivity contribution in [1.82, 2.24) is 4.98 Å². The molecule has 3 heteroatoms. The Morgan fingerprint density at radius 1 is 1.04 bits per heavy atom. The van der Waals surface area contributed by atoms with Gasteiger partial charge in [-0.3, -0.25) is 0 Å². The largest absolute Gasteiger partial charge is 0.486 e. The second kappa shape index (κ2) is 6.79. The minimum atomic E-state index is 0.185. The summed E-state index contributed by atoms with van der Waals surface area (Å²) in [6.45, 7) is 2.72. The van der Waals surface area contributed by atoms with Gasteiger partial charge in [0.05, 0.1) is 0 Å². The molecule has 2 fully saturated rings. The Morgan fingerprint density at radius 2 is 1.78 bits per heavy atom. The van der Waals surface area contributed by atoms with Gasteiger partial charge in [-0.25, -0.2) is 4.98 Å². The molecule has 2 bridgehead atoms. The second-order valence-electron chi connectivity index (χ2n) is 8.16. The molecular formula is C24H25NOS. The minimum absolute atomic E-state index is 0.185. The van der Waals surface area contributed by atoms with Crippen molar-refractivity contribution in [2.45, 2.75) is 44.6 Å². The maximum absolute atomic E-state index is 5.93. The average molecular weight is 376 g/mol. The van der Waals surface area contributed by atoms with Crippen molar-refractivity contribution in [3.63, 3.8) is 0 Å². The monoisotopic (exact) mass is 375 g/mol. The standard InChI is InChI=1S/C24H25NOS/c1-17-2-5-19(6-3-17)24(15-18-4-7-21(24)14-18)20-8-10-22(11-9-20)26-16-23-25-12-13-27-23/h2-3,5-6,8-13,18,21H,4,7,14-16H2,1H3/t18?,21-,24+/m1/s1. The number of fused-ring (bicyclic) bond motifs is 2. The predicted molar refractivity (Wildman–Crippen MR) is 110 cm³/mol. The van der Waals surface area contributed by atoms with E-state index in [0.717, 1.165) is 22.6 Å². The van der Waals surface area contributed by atoms with E-state index in [-0.39, 0.29) is 5.41 Å². The predicted octanol–water partition coefficient (Wildman–Crippen LogP) is 6.14. The van der Waals surface area contributed by atoms with Gasteiger partial charge >= 0.3 is 0 Å². The zero-order valence-corrected chi connectivity index (χ0v) is 16.5. The van der Waals surface area contributed by atoms with E-state index in [1.165, 1.54) is 42.4 Å². The Hall–Kier alpha value is -2.13. The zero-order valence-electron chi connectivity index (χ0n) is 15.7. The molecule has 1 unspecified atom stereocenters. The molecule has 5 rings (SSSR count). The minimum Gasteiger partial charge on any atom is -0.486 e. The van der Waals surface area contributed by atoms with Crippen LogP contribution in [0.3, 0.4) is 0 Å². The van der Waals surface area contributed by atoms with Crippen LogP contribution in [0, 0.1) is 18.8 Å². The van der Waals surface area contributed by atoms with Gasteiger partial charge in [0.2, 0.25) is 0 Å². The van der Waals surface area contributed by atoms with Crippen LogP contribution in [0.4, 0.5) is 0 Å². The van der Waals surface area contributed by atoms with Crippen molar-refractivity contribution < 1.29 is 4.74 Å². The van der Waals surface area contributed by atoms with Crippen LogP contribution in [-0.2, 0) is 12.0 Å². The molecule has 2 aromatic carbocycles. The summed E-state index contributed by atoms with van der Waals surface area (Å²) in [5.74, 6) is 2.58. The highest BCUT2D eigenvalue weighted by molar-refractivity contribution is 7.09. The first-order chi connectivity index (χ1) is 13.2. The first-order valence-electron chi connectivity index (χ1n) is 9.93. The van der Waals surface area contributed by atoms with Gasteiger partial charge in [-0.15, -0.1) is 11.3 Å². The molecule has 0 spiro atoms. The van der Waals surface area contributed by atoms with Crippen LogP contribution in [0.15, 0.2) is 60.1 Å². The van der Waals surface area contributed by atoms with Gasteiger partial charge in [0, 0.05) is 17.0 Å². The van der Waals surface area contributed by atoms with E-state index >= 15 is 0 Å². The summed E-state index contributed by atoms with van der Waals surface area (Å²) < 4.78 is 5.93. The summed E-state index contributed by atoms with van der Waals surface area (Å²) in [7, 11) is 0. The van der Waals surface area contributed by atoms with E-state index in [4.69, 9.17) is 4.74 Å². The fraction of sp³-hybridized carbons (Fsp3) is 0.375. The highest BCUT2D eigenvalue weighted by atomic mass is 32.1. The number of ether oxygens (including phenoxy) is 1. The summed E-state index contributed by atoms with van der Waals surface area (Å²) in [5.41, 5.74) is 4.48. The molecule has 27 heavy (non-hydrogen) atoms. The van der Waals surface area contributed by atoms with Crippen LogP contribution in [0.1, 0.15) is 47.4 Å². The van der Waals surface area contributed by atoms with E-state index in [0.29, 0.717) is 6.61 Å². The number of nitrogens with zero attached hydrogens (tertiary/aromatic N) is 1. The number of rotatable bonds is 5. The maximum Gasteiger partial charge on any atom is 0.140 e. The van der Waals surface area contributed by atoms with Crippen molar-refractivity contribution in [3.8, 4) is 5.75 Å². The Labute approximate surface area is 165 Å². The van der Waals surface area contributed by atoms with Gasteiger partial charge in [-0.2, -0.15) is 0 Å². The van der Waals surface area contributed by atoms with E-state index in [1.807, 2.05) is 11.6 Å². The van der Waals surface area contributed by atoms with Gasteiger partial charge in [0.25, 0.3) is 0 Å². The number of benzene rings is 2. The third-order valence-electron chi connectivity index (χ3n) is 6.63. The number of aromatic nitrogens is 1. The maximum atomic E-state index is 5.93. The number of aryl methyl sites for hydroxylation is 1. The molecule has 0 amide bonds. The Balaban J connectivity index is 1.45. The number of hydrogen-bond acceptors (Lipinski definition) is 3. The smallest absolute Gasteiger partial charge is 0.140 e. The summed E-state index contributed by atoms with van der Waals surface area (Å²) in [4.78, 5) is 4.29. The lowest BCUT2D eigenvalue weighted by Gasteiger charge is -2.39. The highest BCUT2D eigenvalue weighted by Gasteiger charge is 2.52. The summed E-state index contributed by atoms with van der Waals surface area (Å²) in [6.07, 6.45) is 7.28. The van der Waals surface area contributed by atoms with Gasteiger partial charge in [0.1, 0.15) is 17.4 Å². The van der Waals surface area contributed by atoms with Crippen LogP contribution in [0.5, 0.6) is 5.75 Å². The first-order valence-corrected chi connectivity index (χ1v) is 10.8. The van der Waals surface area contributed by atoms with Crippen molar-refractivity contribution in [2.24, 2.45) is 11.8 Å². The molecule has 1 heterocycles. The summed E-state index contributed by atoms with van der Waals surface area (Å²) in [6, 6.07) is 18.2. The Bertz CT molecular complexity index is 901. The lowest BCUT2D eigenvalue weighted by molar-refractivity contribution is 0.303. The van der Waals surface area contributed by atoms with E-state index in [1.54, 1.807) is 11.3 Å². The molecule has 2 saturated carbocycles. The van der Waals surface area contributed by atoms with Crippen molar-refractivity contribution in [2.75, 3.05) is 0 Å². The quantitative estimate of drug-likeness (QED) is 0.534. The first kappa shape index (κ1) is 17.0. The fourth-order valence-electron chi connectivity index (χ4n) is 5.37. The van der Waals surface area contributed by atoms with E-state index < -0.39 is 0 Å². The van der Waals surface area contributed by atoms with Gasteiger partial charge in [0.15, 0.2) is 0 Å². The van der Waals surface area contributed by atoms with Crippen molar-refractivity contribution in [3.05, 3.63) is 81.8 Å². The van der Waals surface area contributed by atoms with Gasteiger partial charge in [-0.1, -0.05) is 48.4 Å². The lowest BCUT2D eigenvalue weighted by Crippen LogP contribution is -2.34. The molecule has 3 atom stereocenters. The molecule has 1 aromatic heterocycles. The van der Waals surface area contributed by atoms with Crippen LogP contribution in [0.25, 0.3) is 0 Å². The SMILES string of the molecule is Cc1ccc([C@]2(c3ccc(OCc4nccs4)cc3)CC3CC[C@@H]2C3)cc1. The Kier molecular flexibility index (Phi) is 4.28. The van der Waals surface area contributed by atoms with Crippen LogP contribution < -0.4 is 4.74 Å². The molecule has 0 aliphatic heterocycles. The third kappa shape index (κ3) is 2.98. The molecule has 3 aromatic rings. The lowest BCUT2D eigenvalue weighted by atomic mass is 9.64. The van der Waals surface area contributed by atoms with E-state index in [9.17, 15) is 0 Å². The molecule has 138 valence electrons. The van der Waals surface area contributed by atoms with Crippen LogP contribution in [-0.4, -0.2) is 4.98 Å². The van der Waals surface area contributed by atoms with Gasteiger partial charge in [-0.05, 0) is 61.3 Å². The normalized spacial score (nSPS) is 26.4. The zero-order chi connectivity index (χ0) is 18.3. The second-order valence-corrected chi connectivity index (χ2v) is 9.14. The molecule has 2 aliphatic carbocycles.